The average molecular weight is 351 g/mol. The minimum atomic E-state index is 0.120. The van der Waals surface area contributed by atoms with Crippen molar-refractivity contribution in [1.29, 1.82) is 0 Å². The van der Waals surface area contributed by atoms with Crippen molar-refractivity contribution in [3.63, 3.8) is 0 Å². The lowest BCUT2D eigenvalue weighted by molar-refractivity contribution is 0.257. The lowest BCUT2D eigenvalue weighted by Gasteiger charge is -2.16. The molecule has 0 bridgehead atoms. The maximum absolute atomic E-state index is 9.57. The van der Waals surface area contributed by atoms with E-state index in [1.165, 1.54) is 44.2 Å². The first-order valence-electron chi connectivity index (χ1n) is 8.97. The highest BCUT2D eigenvalue weighted by molar-refractivity contribution is 7.99. The molecule has 1 aliphatic carbocycles. The van der Waals surface area contributed by atoms with Crippen molar-refractivity contribution in [1.82, 2.24) is 15.3 Å². The molecule has 0 aromatic carbocycles. The van der Waals surface area contributed by atoms with Gasteiger partial charge in [0.2, 0.25) is 0 Å². The first-order chi connectivity index (χ1) is 11.8. The minimum Gasteiger partial charge on any atom is -0.395 e. The fourth-order valence-electron chi connectivity index (χ4n) is 2.85. The standard InChI is InChI=1S/C18H30N4OS/c1-2-3-4-5-6-9-24-12-15(11-23)20-10-14-7-8-16-17(14)21-13-22-18(16)19/h7,13,15,20,23H,2-6,8-12H2,1H3,(H2,19,21,22)/t15-/m1/s1. The number of anilines is 1. The number of allylic oxidation sites excluding steroid dienone is 1. The highest BCUT2D eigenvalue weighted by Crippen LogP contribution is 2.27. The number of nitrogen functional groups attached to an aromatic ring is 1. The predicted molar refractivity (Wildman–Crippen MR) is 103 cm³/mol. The fourth-order valence-corrected chi connectivity index (χ4v) is 3.93. The third kappa shape index (κ3) is 5.76. The van der Waals surface area contributed by atoms with Crippen LogP contribution >= 0.6 is 11.8 Å². The molecule has 0 aliphatic heterocycles. The summed E-state index contributed by atoms with van der Waals surface area (Å²) in [6.45, 7) is 3.12. The van der Waals surface area contributed by atoms with Gasteiger partial charge in [-0.05, 0) is 24.2 Å². The Balaban J connectivity index is 1.67. The van der Waals surface area contributed by atoms with Crippen LogP contribution in [-0.2, 0) is 6.42 Å². The number of aromatic nitrogens is 2. The molecule has 1 heterocycles. The molecule has 1 aromatic heterocycles. The topological polar surface area (TPSA) is 84.1 Å². The summed E-state index contributed by atoms with van der Waals surface area (Å²) in [6, 6.07) is 0.120. The van der Waals surface area contributed by atoms with Gasteiger partial charge in [0, 0.05) is 23.9 Å². The first-order valence-corrected chi connectivity index (χ1v) is 10.1. The van der Waals surface area contributed by atoms with E-state index in [1.54, 1.807) is 0 Å². The molecule has 0 spiro atoms. The van der Waals surface area contributed by atoms with Crippen LogP contribution in [0, 0.1) is 0 Å². The Kier molecular flexibility index (Phi) is 8.56. The molecular formula is C18H30N4OS. The number of hydrogen-bond donors (Lipinski definition) is 3. The van der Waals surface area contributed by atoms with Gasteiger partial charge in [-0.1, -0.05) is 38.7 Å². The van der Waals surface area contributed by atoms with Crippen LogP contribution in [0.25, 0.3) is 5.57 Å². The Morgan fingerprint density at radius 1 is 1.29 bits per heavy atom. The summed E-state index contributed by atoms with van der Waals surface area (Å²) in [5.41, 5.74) is 9.03. The summed E-state index contributed by atoms with van der Waals surface area (Å²) in [4.78, 5) is 8.39. The van der Waals surface area contributed by atoms with E-state index in [1.807, 2.05) is 11.8 Å². The Hall–Kier alpha value is -1.11. The highest BCUT2D eigenvalue weighted by Gasteiger charge is 2.19. The molecule has 24 heavy (non-hydrogen) atoms. The summed E-state index contributed by atoms with van der Waals surface area (Å²) < 4.78 is 0. The maximum atomic E-state index is 9.57. The van der Waals surface area contributed by atoms with Crippen molar-refractivity contribution >= 4 is 23.2 Å². The lowest BCUT2D eigenvalue weighted by Crippen LogP contribution is -2.35. The molecule has 1 aromatic rings. The van der Waals surface area contributed by atoms with E-state index >= 15 is 0 Å². The highest BCUT2D eigenvalue weighted by atomic mass is 32.2. The summed E-state index contributed by atoms with van der Waals surface area (Å²) in [5.74, 6) is 2.69. The van der Waals surface area contributed by atoms with Gasteiger partial charge in [0.1, 0.15) is 12.1 Å². The van der Waals surface area contributed by atoms with Crippen molar-refractivity contribution in [2.24, 2.45) is 0 Å². The van der Waals surface area contributed by atoms with E-state index in [0.717, 1.165) is 29.0 Å². The molecule has 1 atom stereocenters. The van der Waals surface area contributed by atoms with Gasteiger partial charge in [0.25, 0.3) is 0 Å². The van der Waals surface area contributed by atoms with Gasteiger partial charge in [0.15, 0.2) is 0 Å². The maximum Gasteiger partial charge on any atom is 0.130 e. The molecule has 0 saturated heterocycles. The molecule has 5 nitrogen and oxygen atoms in total. The SMILES string of the molecule is CCCCCCCSC[C@@H](CO)NCC1=CCc2c(N)ncnc21. The van der Waals surface area contributed by atoms with Crippen LogP contribution in [0.1, 0.15) is 50.3 Å². The molecule has 4 N–H and O–H groups in total. The van der Waals surface area contributed by atoms with E-state index < -0.39 is 0 Å². The van der Waals surface area contributed by atoms with Crippen LogP contribution in [0.3, 0.4) is 0 Å². The van der Waals surface area contributed by atoms with Crippen LogP contribution in [0.5, 0.6) is 0 Å². The number of hydrogen-bond acceptors (Lipinski definition) is 6. The minimum absolute atomic E-state index is 0.120. The van der Waals surface area contributed by atoms with E-state index in [-0.39, 0.29) is 12.6 Å². The van der Waals surface area contributed by atoms with Crippen LogP contribution in [0.4, 0.5) is 5.82 Å². The summed E-state index contributed by atoms with van der Waals surface area (Å²) in [6.07, 6.45) is 11.0. The molecule has 2 rings (SSSR count). The number of thioether (sulfide) groups is 1. The normalized spacial score (nSPS) is 14.5. The van der Waals surface area contributed by atoms with E-state index in [9.17, 15) is 5.11 Å². The monoisotopic (exact) mass is 350 g/mol. The largest absolute Gasteiger partial charge is 0.395 e. The van der Waals surface area contributed by atoms with Crippen molar-refractivity contribution in [3.05, 3.63) is 23.7 Å². The van der Waals surface area contributed by atoms with Crippen molar-refractivity contribution in [3.8, 4) is 0 Å². The molecule has 0 fully saturated rings. The van der Waals surface area contributed by atoms with Crippen LogP contribution in [0.15, 0.2) is 12.4 Å². The summed E-state index contributed by atoms with van der Waals surface area (Å²) >= 11 is 1.93. The summed E-state index contributed by atoms with van der Waals surface area (Å²) in [5, 5.41) is 13.0. The van der Waals surface area contributed by atoms with E-state index in [2.05, 4.69) is 28.3 Å². The number of fused-ring (bicyclic) bond motifs is 1. The third-order valence-corrected chi connectivity index (χ3v) is 5.56. The Morgan fingerprint density at radius 2 is 2.12 bits per heavy atom. The number of rotatable bonds is 12. The second-order valence-corrected chi connectivity index (χ2v) is 7.42. The van der Waals surface area contributed by atoms with E-state index in [4.69, 9.17) is 5.73 Å². The lowest BCUT2D eigenvalue weighted by atomic mass is 10.2. The predicted octanol–water partition coefficient (Wildman–Crippen LogP) is 2.65. The molecular weight excluding hydrogens is 320 g/mol. The first kappa shape index (κ1) is 19.2. The van der Waals surface area contributed by atoms with Crippen molar-refractivity contribution in [2.45, 2.75) is 51.5 Å². The number of nitrogens with one attached hydrogen (secondary N) is 1. The van der Waals surface area contributed by atoms with Gasteiger partial charge in [-0.3, -0.25) is 0 Å². The summed E-state index contributed by atoms with van der Waals surface area (Å²) in [7, 11) is 0. The zero-order valence-electron chi connectivity index (χ0n) is 14.6. The molecule has 1 aliphatic rings. The number of unbranched alkanes of at least 4 members (excludes halogenated alkanes) is 4. The van der Waals surface area contributed by atoms with Gasteiger partial charge in [-0.25, -0.2) is 9.97 Å². The van der Waals surface area contributed by atoms with Gasteiger partial charge < -0.3 is 16.2 Å². The quantitative estimate of drug-likeness (QED) is 0.503. The van der Waals surface area contributed by atoms with Crippen LogP contribution in [-0.4, -0.2) is 45.8 Å². The zero-order valence-corrected chi connectivity index (χ0v) is 15.4. The van der Waals surface area contributed by atoms with E-state index in [0.29, 0.717) is 12.4 Å². The van der Waals surface area contributed by atoms with Gasteiger partial charge in [-0.15, -0.1) is 0 Å². The molecule has 0 saturated carbocycles. The van der Waals surface area contributed by atoms with Crippen molar-refractivity contribution in [2.75, 3.05) is 30.4 Å². The second-order valence-electron chi connectivity index (χ2n) is 6.27. The molecule has 134 valence electrons. The number of aliphatic hydroxyl groups excluding tert-OH is 1. The Bertz CT molecular complexity index is 536. The van der Waals surface area contributed by atoms with Gasteiger partial charge in [-0.2, -0.15) is 11.8 Å². The molecule has 0 radical (unpaired) electrons. The van der Waals surface area contributed by atoms with Gasteiger partial charge in [0.05, 0.1) is 12.3 Å². The van der Waals surface area contributed by atoms with Crippen molar-refractivity contribution < 1.29 is 5.11 Å². The third-order valence-electron chi connectivity index (χ3n) is 4.35. The Morgan fingerprint density at radius 3 is 2.92 bits per heavy atom. The zero-order chi connectivity index (χ0) is 17.2. The molecule has 0 amide bonds. The van der Waals surface area contributed by atoms with Gasteiger partial charge >= 0.3 is 0 Å². The molecule has 6 heteroatoms. The van der Waals surface area contributed by atoms with Crippen LogP contribution in [0.2, 0.25) is 0 Å². The fraction of sp³-hybridized carbons (Fsp3) is 0.667. The Labute approximate surface area is 149 Å². The number of nitrogens with zero attached hydrogens (tertiary/aromatic N) is 2. The number of aliphatic hydroxyl groups is 1. The second kappa shape index (κ2) is 10.7. The smallest absolute Gasteiger partial charge is 0.130 e. The number of nitrogens with two attached hydrogens (primary N) is 1. The average Bonchev–Trinajstić information content (AvgIpc) is 3.01. The molecule has 0 unspecified atom stereocenters. The van der Waals surface area contributed by atoms with Crippen LogP contribution < -0.4 is 11.1 Å².